The molecule has 7 aromatic carbocycles. The molecular weight excluding hydrogens is 635 g/mol. The van der Waals surface area contributed by atoms with Crippen LogP contribution in [-0.4, -0.2) is 9.97 Å². The minimum absolute atomic E-state index is 0.584. The van der Waals surface area contributed by atoms with E-state index in [1.807, 2.05) is 66.7 Å². The van der Waals surface area contributed by atoms with Gasteiger partial charge in [-0.3, -0.25) is 0 Å². The molecule has 0 N–H and O–H groups in total. The van der Waals surface area contributed by atoms with Crippen molar-refractivity contribution >= 4 is 0 Å². The standard InChI is InChI=1S/C48H31N3O/c49-32-33-23-25-35(26-24-33)43-31-44(51-47(50-43)37-13-4-1-5-14-37)36-29-27-34(28-30-36)40-19-12-21-42-46(40)52-45-22-11-10-20-41(45)48(42,38-15-6-2-7-16-38)39-17-8-3-9-18-39/h1-31H. The molecule has 0 unspecified atom stereocenters. The van der Waals surface area contributed by atoms with Crippen LogP contribution in [0.15, 0.2) is 188 Å². The highest BCUT2D eigenvalue weighted by atomic mass is 16.5. The normalized spacial score (nSPS) is 12.5. The van der Waals surface area contributed by atoms with E-state index >= 15 is 0 Å². The number of hydrogen-bond acceptors (Lipinski definition) is 4. The zero-order valence-corrected chi connectivity index (χ0v) is 28.1. The van der Waals surface area contributed by atoms with Crippen LogP contribution >= 0.6 is 0 Å². The van der Waals surface area contributed by atoms with Crippen LogP contribution in [0.5, 0.6) is 11.5 Å². The molecule has 244 valence electrons. The Balaban J connectivity index is 1.18. The number of aromatic nitrogens is 2. The molecule has 0 saturated heterocycles. The summed E-state index contributed by atoms with van der Waals surface area (Å²) in [6.07, 6.45) is 0. The Morgan fingerprint density at radius 1 is 0.462 bits per heavy atom. The van der Waals surface area contributed by atoms with Crippen molar-refractivity contribution in [2.24, 2.45) is 0 Å². The summed E-state index contributed by atoms with van der Waals surface area (Å²) in [6, 6.07) is 66.6. The van der Waals surface area contributed by atoms with Crippen molar-refractivity contribution in [3.8, 4) is 62.6 Å². The van der Waals surface area contributed by atoms with Crippen molar-refractivity contribution in [3.05, 3.63) is 216 Å². The smallest absolute Gasteiger partial charge is 0.160 e. The summed E-state index contributed by atoms with van der Waals surface area (Å²) in [5, 5.41) is 9.34. The SMILES string of the molecule is N#Cc1ccc(-c2cc(-c3ccc(-c4cccc5c4Oc4ccccc4C5(c4ccccc4)c4ccccc4)cc3)nc(-c3ccccc3)n2)cc1. The largest absolute Gasteiger partial charge is 0.456 e. The molecule has 0 amide bonds. The fourth-order valence-electron chi connectivity index (χ4n) is 7.45. The molecule has 1 aromatic heterocycles. The summed E-state index contributed by atoms with van der Waals surface area (Å²) in [7, 11) is 0. The Morgan fingerprint density at radius 3 is 1.60 bits per heavy atom. The zero-order chi connectivity index (χ0) is 34.9. The molecule has 2 heterocycles. The first-order valence-corrected chi connectivity index (χ1v) is 17.3. The molecule has 8 aromatic rings. The van der Waals surface area contributed by atoms with Gasteiger partial charge < -0.3 is 4.74 Å². The van der Waals surface area contributed by atoms with E-state index in [0.29, 0.717) is 11.4 Å². The third-order valence-corrected chi connectivity index (χ3v) is 9.90. The molecule has 1 aliphatic heterocycles. The van der Waals surface area contributed by atoms with Crippen LogP contribution in [0, 0.1) is 11.3 Å². The van der Waals surface area contributed by atoms with E-state index in [-0.39, 0.29) is 0 Å². The van der Waals surface area contributed by atoms with Crippen LogP contribution in [0.3, 0.4) is 0 Å². The van der Waals surface area contributed by atoms with E-state index in [1.54, 1.807) is 0 Å². The van der Waals surface area contributed by atoms with Crippen molar-refractivity contribution in [1.82, 2.24) is 9.97 Å². The van der Waals surface area contributed by atoms with Crippen molar-refractivity contribution in [1.29, 1.82) is 5.26 Å². The van der Waals surface area contributed by atoms with Gasteiger partial charge in [0.25, 0.3) is 0 Å². The molecule has 4 nitrogen and oxygen atoms in total. The van der Waals surface area contributed by atoms with Crippen LogP contribution < -0.4 is 4.74 Å². The molecule has 0 aliphatic carbocycles. The van der Waals surface area contributed by atoms with E-state index in [4.69, 9.17) is 14.7 Å². The van der Waals surface area contributed by atoms with Crippen molar-refractivity contribution < 1.29 is 4.74 Å². The van der Waals surface area contributed by atoms with Gasteiger partial charge in [0, 0.05) is 33.4 Å². The Morgan fingerprint density at radius 2 is 0.981 bits per heavy atom. The van der Waals surface area contributed by atoms with Gasteiger partial charge in [0.2, 0.25) is 0 Å². The lowest BCUT2D eigenvalue weighted by molar-refractivity contribution is 0.436. The molecule has 9 rings (SSSR count). The Kier molecular flexibility index (Phi) is 7.72. The summed E-state index contributed by atoms with van der Waals surface area (Å²) in [4.78, 5) is 9.97. The molecule has 0 saturated carbocycles. The fraction of sp³-hybridized carbons (Fsp3) is 0.0208. The summed E-state index contributed by atoms with van der Waals surface area (Å²) >= 11 is 0. The number of nitrogens with zero attached hydrogens (tertiary/aromatic N) is 3. The average molecular weight is 666 g/mol. The second kappa shape index (κ2) is 13.0. The van der Waals surface area contributed by atoms with Crippen molar-refractivity contribution in [3.63, 3.8) is 0 Å². The van der Waals surface area contributed by atoms with Gasteiger partial charge in [0.05, 0.1) is 28.4 Å². The number of hydrogen-bond donors (Lipinski definition) is 0. The van der Waals surface area contributed by atoms with Crippen LogP contribution in [0.1, 0.15) is 27.8 Å². The van der Waals surface area contributed by atoms with Gasteiger partial charge in [-0.05, 0) is 41.0 Å². The van der Waals surface area contributed by atoms with Crippen LogP contribution in [-0.2, 0) is 5.41 Å². The Labute approximate surface area is 303 Å². The van der Waals surface area contributed by atoms with Gasteiger partial charge in [-0.2, -0.15) is 5.26 Å². The molecule has 0 radical (unpaired) electrons. The number of fused-ring (bicyclic) bond motifs is 2. The van der Waals surface area contributed by atoms with E-state index in [2.05, 4.69) is 127 Å². The molecule has 1 aliphatic rings. The number of nitriles is 1. The van der Waals surface area contributed by atoms with Crippen molar-refractivity contribution in [2.75, 3.05) is 0 Å². The number of benzene rings is 7. The summed E-state index contributed by atoms with van der Waals surface area (Å²) in [5.74, 6) is 2.33. The third-order valence-electron chi connectivity index (χ3n) is 9.90. The Hall–Kier alpha value is -7.09. The summed E-state index contributed by atoms with van der Waals surface area (Å²) in [5.41, 5.74) is 11.1. The molecule has 0 bridgehead atoms. The third kappa shape index (κ3) is 5.24. The molecule has 0 atom stereocenters. The van der Waals surface area contributed by atoms with Crippen LogP contribution in [0.4, 0.5) is 0 Å². The highest BCUT2D eigenvalue weighted by Gasteiger charge is 2.45. The minimum Gasteiger partial charge on any atom is -0.456 e. The lowest BCUT2D eigenvalue weighted by Crippen LogP contribution is -2.34. The molecule has 52 heavy (non-hydrogen) atoms. The zero-order valence-electron chi connectivity index (χ0n) is 28.1. The quantitative estimate of drug-likeness (QED) is 0.177. The highest BCUT2D eigenvalue weighted by molar-refractivity contribution is 5.81. The maximum atomic E-state index is 9.34. The topological polar surface area (TPSA) is 58.8 Å². The number of para-hydroxylation sites is 2. The predicted octanol–water partition coefficient (Wildman–Crippen LogP) is 11.5. The lowest BCUT2D eigenvalue weighted by atomic mass is 9.63. The maximum absolute atomic E-state index is 9.34. The summed E-state index contributed by atoms with van der Waals surface area (Å²) < 4.78 is 6.88. The van der Waals surface area contributed by atoms with E-state index in [9.17, 15) is 5.26 Å². The van der Waals surface area contributed by atoms with Gasteiger partial charge in [-0.25, -0.2) is 9.97 Å². The Bertz CT molecular complexity index is 2540. The van der Waals surface area contributed by atoms with Gasteiger partial charge >= 0.3 is 0 Å². The second-order valence-corrected chi connectivity index (χ2v) is 12.9. The first kappa shape index (κ1) is 30.9. The van der Waals surface area contributed by atoms with Crippen LogP contribution in [0.25, 0.3) is 45.0 Å². The molecule has 0 fully saturated rings. The molecular formula is C48H31N3O. The van der Waals surface area contributed by atoms with Gasteiger partial charge in [-0.15, -0.1) is 0 Å². The van der Waals surface area contributed by atoms with Gasteiger partial charge in [0.15, 0.2) is 5.82 Å². The van der Waals surface area contributed by atoms with E-state index < -0.39 is 5.41 Å². The minimum atomic E-state index is -0.584. The summed E-state index contributed by atoms with van der Waals surface area (Å²) in [6.45, 7) is 0. The van der Waals surface area contributed by atoms with Crippen molar-refractivity contribution in [2.45, 2.75) is 5.41 Å². The van der Waals surface area contributed by atoms with E-state index in [1.165, 1.54) is 11.1 Å². The first-order chi connectivity index (χ1) is 25.7. The molecule has 4 heteroatoms. The van der Waals surface area contributed by atoms with Gasteiger partial charge in [0.1, 0.15) is 11.5 Å². The number of ether oxygens (including phenoxy) is 1. The second-order valence-electron chi connectivity index (χ2n) is 12.9. The predicted molar refractivity (Wildman–Crippen MR) is 207 cm³/mol. The van der Waals surface area contributed by atoms with Gasteiger partial charge in [-0.1, -0.05) is 164 Å². The van der Waals surface area contributed by atoms with Crippen LogP contribution in [0.2, 0.25) is 0 Å². The maximum Gasteiger partial charge on any atom is 0.160 e. The van der Waals surface area contributed by atoms with E-state index in [0.717, 1.165) is 61.8 Å². The lowest BCUT2D eigenvalue weighted by Gasteiger charge is -2.42. The first-order valence-electron chi connectivity index (χ1n) is 17.3. The fourth-order valence-corrected chi connectivity index (χ4v) is 7.45. The highest BCUT2D eigenvalue weighted by Crippen LogP contribution is 2.57. The average Bonchev–Trinajstić information content (AvgIpc) is 3.23. The number of rotatable bonds is 6. The monoisotopic (exact) mass is 665 g/mol. The molecule has 0 spiro atoms.